The first-order valence-electron chi connectivity index (χ1n) is 7.54. The number of nitrogens with one attached hydrogen (secondary N) is 2. The first-order valence-corrected chi connectivity index (χ1v) is 7.54. The average molecular weight is 315 g/mol. The third-order valence-corrected chi connectivity index (χ3v) is 3.79. The van der Waals surface area contributed by atoms with Gasteiger partial charge in [0, 0.05) is 5.69 Å². The molecule has 0 bridgehead atoms. The number of amides is 1. The number of H-pyrrole nitrogens is 1. The van der Waals surface area contributed by atoms with E-state index in [0.717, 1.165) is 11.3 Å². The number of hydrogen-bond acceptors (Lipinski definition) is 3. The Hall–Kier alpha value is -2.63. The lowest BCUT2D eigenvalue weighted by molar-refractivity contribution is -0.142. The third kappa shape index (κ3) is 3.97. The van der Waals surface area contributed by atoms with Gasteiger partial charge in [-0.2, -0.15) is 5.10 Å². The van der Waals surface area contributed by atoms with Crippen LogP contribution in [0.4, 0.5) is 0 Å². The smallest absolute Gasteiger partial charge is 0.308 e. The van der Waals surface area contributed by atoms with E-state index in [-0.39, 0.29) is 11.6 Å². The van der Waals surface area contributed by atoms with Crippen LogP contribution in [0.25, 0.3) is 0 Å². The Morgan fingerprint density at radius 1 is 1.17 bits per heavy atom. The number of aromatic nitrogens is 2. The second-order valence-corrected chi connectivity index (χ2v) is 5.85. The standard InChI is InChI=1S/C17H21N3O3/c1-10(2)13-9-14(20-19-13)16(21)18-15(11(3)17(22)23)12-7-5-4-6-8-12/h4-11,15H,1-3H3,(H,18,21)(H,19,20)(H,22,23). The molecule has 2 aromatic rings. The predicted molar refractivity (Wildman–Crippen MR) is 86.1 cm³/mol. The molecule has 0 aliphatic carbocycles. The summed E-state index contributed by atoms with van der Waals surface area (Å²) in [6.45, 7) is 5.56. The first-order chi connectivity index (χ1) is 10.9. The van der Waals surface area contributed by atoms with E-state index in [1.165, 1.54) is 0 Å². The van der Waals surface area contributed by atoms with Crippen molar-refractivity contribution in [1.82, 2.24) is 15.5 Å². The van der Waals surface area contributed by atoms with Crippen LogP contribution in [0.5, 0.6) is 0 Å². The summed E-state index contributed by atoms with van der Waals surface area (Å²) >= 11 is 0. The lowest BCUT2D eigenvalue weighted by Crippen LogP contribution is -2.35. The summed E-state index contributed by atoms with van der Waals surface area (Å²) < 4.78 is 0. The molecule has 1 aromatic heterocycles. The van der Waals surface area contributed by atoms with Gasteiger partial charge in [0.25, 0.3) is 5.91 Å². The van der Waals surface area contributed by atoms with Crippen LogP contribution in [0, 0.1) is 5.92 Å². The number of carbonyl (C=O) groups excluding carboxylic acids is 1. The van der Waals surface area contributed by atoms with Crippen molar-refractivity contribution in [2.24, 2.45) is 5.92 Å². The van der Waals surface area contributed by atoms with Crippen molar-refractivity contribution >= 4 is 11.9 Å². The fourth-order valence-corrected chi connectivity index (χ4v) is 2.26. The van der Waals surface area contributed by atoms with E-state index >= 15 is 0 Å². The number of rotatable bonds is 6. The minimum atomic E-state index is -0.968. The van der Waals surface area contributed by atoms with Crippen LogP contribution in [0.1, 0.15) is 54.5 Å². The maximum absolute atomic E-state index is 12.4. The monoisotopic (exact) mass is 315 g/mol. The molecule has 0 aliphatic heterocycles. The van der Waals surface area contributed by atoms with Gasteiger partial charge < -0.3 is 10.4 Å². The fraction of sp³-hybridized carbons (Fsp3) is 0.353. The highest BCUT2D eigenvalue weighted by Crippen LogP contribution is 2.23. The predicted octanol–water partition coefficient (Wildman–Crippen LogP) is 2.72. The summed E-state index contributed by atoms with van der Waals surface area (Å²) in [4.78, 5) is 23.8. The number of hydrogen-bond donors (Lipinski definition) is 3. The Balaban J connectivity index is 2.23. The van der Waals surface area contributed by atoms with Crippen LogP contribution in [0.15, 0.2) is 36.4 Å². The molecule has 1 amide bonds. The summed E-state index contributed by atoms with van der Waals surface area (Å²) in [7, 11) is 0. The lowest BCUT2D eigenvalue weighted by atomic mass is 9.94. The minimum Gasteiger partial charge on any atom is -0.481 e. The van der Waals surface area contributed by atoms with Gasteiger partial charge in [-0.3, -0.25) is 14.7 Å². The fourth-order valence-electron chi connectivity index (χ4n) is 2.26. The zero-order valence-electron chi connectivity index (χ0n) is 13.4. The normalized spacial score (nSPS) is 13.6. The Morgan fingerprint density at radius 2 is 1.83 bits per heavy atom. The molecule has 2 atom stereocenters. The Morgan fingerprint density at radius 3 is 2.35 bits per heavy atom. The van der Waals surface area contributed by atoms with Crippen molar-refractivity contribution in [3.63, 3.8) is 0 Å². The van der Waals surface area contributed by atoms with Gasteiger partial charge in [0.1, 0.15) is 5.69 Å². The molecule has 6 nitrogen and oxygen atoms in total. The van der Waals surface area contributed by atoms with Gasteiger partial charge in [-0.05, 0) is 24.5 Å². The molecule has 0 radical (unpaired) electrons. The van der Waals surface area contributed by atoms with Gasteiger partial charge in [-0.1, -0.05) is 44.2 Å². The van der Waals surface area contributed by atoms with Gasteiger partial charge in [0.15, 0.2) is 0 Å². The van der Waals surface area contributed by atoms with Crippen molar-refractivity contribution in [3.05, 3.63) is 53.3 Å². The minimum absolute atomic E-state index is 0.229. The highest BCUT2D eigenvalue weighted by Gasteiger charge is 2.27. The molecule has 0 spiro atoms. The van der Waals surface area contributed by atoms with Crippen LogP contribution in [0.3, 0.4) is 0 Å². The van der Waals surface area contributed by atoms with Gasteiger partial charge >= 0.3 is 5.97 Å². The van der Waals surface area contributed by atoms with Gasteiger partial charge in [-0.25, -0.2) is 0 Å². The van der Waals surface area contributed by atoms with E-state index in [1.807, 2.05) is 32.0 Å². The number of aromatic amines is 1. The topological polar surface area (TPSA) is 95.1 Å². The lowest BCUT2D eigenvalue weighted by Gasteiger charge is -2.22. The molecular formula is C17H21N3O3. The summed E-state index contributed by atoms with van der Waals surface area (Å²) in [6, 6.07) is 10.1. The van der Waals surface area contributed by atoms with Gasteiger partial charge in [0.05, 0.1) is 12.0 Å². The molecule has 3 N–H and O–H groups in total. The average Bonchev–Trinajstić information content (AvgIpc) is 3.03. The molecule has 2 unspecified atom stereocenters. The summed E-state index contributed by atoms with van der Waals surface area (Å²) in [5, 5.41) is 18.9. The Labute approximate surface area is 134 Å². The number of carboxylic acid groups (broad SMARTS) is 1. The van der Waals surface area contributed by atoms with Crippen LogP contribution in [-0.2, 0) is 4.79 Å². The van der Waals surface area contributed by atoms with Crippen LogP contribution >= 0.6 is 0 Å². The number of benzene rings is 1. The SMILES string of the molecule is CC(C)c1cc(C(=O)NC(c2ccccc2)C(C)C(=O)O)n[nH]1. The molecule has 1 aromatic carbocycles. The highest BCUT2D eigenvalue weighted by atomic mass is 16.4. The van der Waals surface area contributed by atoms with Crippen LogP contribution < -0.4 is 5.32 Å². The number of carbonyl (C=O) groups is 2. The van der Waals surface area contributed by atoms with Gasteiger partial charge in [0.2, 0.25) is 0 Å². The van der Waals surface area contributed by atoms with Crippen molar-refractivity contribution in [3.8, 4) is 0 Å². The summed E-state index contributed by atoms with van der Waals surface area (Å²) in [5.41, 5.74) is 1.86. The zero-order chi connectivity index (χ0) is 17.0. The molecule has 0 saturated carbocycles. The van der Waals surface area contributed by atoms with E-state index < -0.39 is 23.8 Å². The second kappa shape index (κ2) is 7.09. The number of nitrogens with zero attached hydrogens (tertiary/aromatic N) is 1. The third-order valence-electron chi connectivity index (χ3n) is 3.79. The molecular weight excluding hydrogens is 294 g/mol. The largest absolute Gasteiger partial charge is 0.481 e. The maximum Gasteiger partial charge on any atom is 0.308 e. The first kappa shape index (κ1) is 16.7. The number of carboxylic acids is 1. The highest BCUT2D eigenvalue weighted by molar-refractivity contribution is 5.93. The van der Waals surface area contributed by atoms with Crippen molar-refractivity contribution < 1.29 is 14.7 Å². The number of aliphatic carboxylic acids is 1. The van der Waals surface area contributed by atoms with E-state index in [2.05, 4.69) is 15.5 Å². The molecule has 0 saturated heterocycles. The van der Waals surface area contributed by atoms with E-state index in [0.29, 0.717) is 0 Å². The molecule has 23 heavy (non-hydrogen) atoms. The van der Waals surface area contributed by atoms with Crippen molar-refractivity contribution in [1.29, 1.82) is 0 Å². The van der Waals surface area contributed by atoms with Crippen LogP contribution in [-0.4, -0.2) is 27.2 Å². The van der Waals surface area contributed by atoms with Gasteiger partial charge in [-0.15, -0.1) is 0 Å². The zero-order valence-corrected chi connectivity index (χ0v) is 13.4. The van der Waals surface area contributed by atoms with E-state index in [1.54, 1.807) is 25.1 Å². The van der Waals surface area contributed by atoms with E-state index in [4.69, 9.17) is 0 Å². The molecule has 122 valence electrons. The summed E-state index contributed by atoms with van der Waals surface area (Å²) in [5.74, 6) is -1.89. The molecule has 2 rings (SSSR count). The Bertz CT molecular complexity index is 679. The van der Waals surface area contributed by atoms with E-state index in [9.17, 15) is 14.7 Å². The molecule has 0 aliphatic rings. The quantitative estimate of drug-likeness (QED) is 0.764. The molecule has 6 heteroatoms. The molecule has 1 heterocycles. The summed E-state index contributed by atoms with van der Waals surface area (Å²) in [6.07, 6.45) is 0. The van der Waals surface area contributed by atoms with Crippen molar-refractivity contribution in [2.75, 3.05) is 0 Å². The maximum atomic E-state index is 12.4. The van der Waals surface area contributed by atoms with Crippen molar-refractivity contribution in [2.45, 2.75) is 32.7 Å². The molecule has 0 fully saturated rings. The Kier molecular flexibility index (Phi) is 5.16. The second-order valence-electron chi connectivity index (χ2n) is 5.85. The van der Waals surface area contributed by atoms with Crippen LogP contribution in [0.2, 0.25) is 0 Å².